The van der Waals surface area contributed by atoms with E-state index in [1.807, 2.05) is 24.3 Å². The molecule has 4 rings (SSSR count). The van der Waals surface area contributed by atoms with Gasteiger partial charge in [-0.25, -0.2) is 0 Å². The van der Waals surface area contributed by atoms with Gasteiger partial charge in [0.05, 0.1) is 6.04 Å². The number of likely N-dealkylation sites (tertiary alicyclic amines) is 2. The van der Waals surface area contributed by atoms with Gasteiger partial charge in [-0.2, -0.15) is 0 Å². The van der Waals surface area contributed by atoms with E-state index in [2.05, 4.69) is 48.3 Å². The fourth-order valence-corrected chi connectivity index (χ4v) is 7.36. The molecule has 1 aromatic rings. The quantitative estimate of drug-likeness (QED) is 0.424. The van der Waals surface area contributed by atoms with Gasteiger partial charge in [0, 0.05) is 42.7 Å². The fraction of sp³-hybridized carbons (Fsp3) is 0.750. The average Bonchev–Trinajstić information content (AvgIpc) is 3.31. The van der Waals surface area contributed by atoms with Crippen LogP contribution in [0.2, 0.25) is 5.02 Å². The molecular formula is C32H51ClN4O2. The molecule has 1 unspecified atom stereocenters. The number of halogens is 1. The van der Waals surface area contributed by atoms with E-state index in [-0.39, 0.29) is 28.8 Å². The highest BCUT2D eigenvalue weighted by atomic mass is 35.5. The molecule has 2 N–H and O–H groups in total. The van der Waals surface area contributed by atoms with Crippen LogP contribution in [0.3, 0.4) is 0 Å². The molecule has 0 aromatic heterocycles. The Morgan fingerprint density at radius 3 is 2.26 bits per heavy atom. The van der Waals surface area contributed by atoms with Crippen LogP contribution in [0.5, 0.6) is 0 Å². The van der Waals surface area contributed by atoms with Gasteiger partial charge in [-0.1, -0.05) is 43.0 Å². The van der Waals surface area contributed by atoms with Gasteiger partial charge in [-0.3, -0.25) is 9.59 Å². The number of nitrogens with one attached hydrogen (secondary N) is 2. The maximum absolute atomic E-state index is 14.0. The lowest BCUT2D eigenvalue weighted by molar-refractivity contribution is -0.138. The molecule has 1 aliphatic carbocycles. The summed E-state index contributed by atoms with van der Waals surface area (Å²) in [6.07, 6.45) is 11.7. The molecule has 7 heteroatoms. The van der Waals surface area contributed by atoms with Crippen molar-refractivity contribution in [2.75, 3.05) is 33.2 Å². The topological polar surface area (TPSA) is 64.7 Å². The Morgan fingerprint density at radius 1 is 1.00 bits per heavy atom. The fourth-order valence-electron chi connectivity index (χ4n) is 7.24. The lowest BCUT2D eigenvalue weighted by Gasteiger charge is -2.48. The zero-order valence-corrected chi connectivity index (χ0v) is 25.5. The summed E-state index contributed by atoms with van der Waals surface area (Å²) in [5.41, 5.74) is 0.894. The van der Waals surface area contributed by atoms with E-state index in [0.29, 0.717) is 29.8 Å². The summed E-state index contributed by atoms with van der Waals surface area (Å²) in [5.74, 6) is 0.938. The largest absolute Gasteiger partial charge is 0.351 e. The molecule has 2 atom stereocenters. The molecule has 2 saturated heterocycles. The number of carbonyl (C=O) groups is 2. The minimum atomic E-state index is -0.258. The summed E-state index contributed by atoms with van der Waals surface area (Å²) < 4.78 is 0. The molecule has 6 nitrogen and oxygen atoms in total. The third kappa shape index (κ3) is 8.43. The number of hydrogen-bond acceptors (Lipinski definition) is 4. The van der Waals surface area contributed by atoms with Crippen LogP contribution in [0.15, 0.2) is 24.3 Å². The molecule has 3 aliphatic rings. The van der Waals surface area contributed by atoms with Crippen LogP contribution in [0.25, 0.3) is 0 Å². The number of carbonyl (C=O) groups excluding carboxylic acids is 2. The molecule has 1 aromatic carbocycles. The molecule has 0 spiro atoms. The van der Waals surface area contributed by atoms with Crippen molar-refractivity contribution in [1.29, 1.82) is 0 Å². The highest BCUT2D eigenvalue weighted by molar-refractivity contribution is 6.30. The van der Waals surface area contributed by atoms with E-state index in [9.17, 15) is 9.59 Å². The van der Waals surface area contributed by atoms with Gasteiger partial charge in [0.15, 0.2) is 0 Å². The first-order valence-corrected chi connectivity index (χ1v) is 15.7. The Morgan fingerprint density at radius 2 is 1.67 bits per heavy atom. The van der Waals surface area contributed by atoms with Crippen molar-refractivity contribution < 1.29 is 9.59 Å². The third-order valence-corrected chi connectivity index (χ3v) is 9.74. The van der Waals surface area contributed by atoms with Gasteiger partial charge in [0.1, 0.15) is 0 Å². The van der Waals surface area contributed by atoms with E-state index in [0.717, 1.165) is 44.6 Å². The van der Waals surface area contributed by atoms with Gasteiger partial charge in [-0.05, 0) is 108 Å². The zero-order chi connectivity index (χ0) is 28.0. The normalized spacial score (nSPS) is 23.5. The summed E-state index contributed by atoms with van der Waals surface area (Å²) >= 11 is 6.13. The maximum atomic E-state index is 14.0. The SMILES string of the molecule is CN1CCCC1CN[C@H](Cc1ccc(Cl)cc1)C(=O)N1CCC(CC(=O)NC(C)(C)C)(C2CCCCC2)CC1. The van der Waals surface area contributed by atoms with Crippen molar-refractivity contribution in [3.63, 3.8) is 0 Å². The second-order valence-corrected chi connectivity index (χ2v) is 14.0. The number of hydrogen-bond donors (Lipinski definition) is 2. The first-order chi connectivity index (χ1) is 18.5. The standard InChI is InChI=1S/C32H51ClN4O2/c1-31(2,3)35-29(38)22-32(25-9-6-5-7-10-25)16-19-37(20-17-32)30(39)28(21-24-12-14-26(33)15-13-24)34-23-27-11-8-18-36(27)4/h12-15,25,27-28,34H,5-11,16-23H2,1-4H3,(H,35,38)/t27?,28-/m1/s1. The number of amides is 2. The summed E-state index contributed by atoms with van der Waals surface area (Å²) in [7, 11) is 2.18. The van der Waals surface area contributed by atoms with Gasteiger partial charge in [-0.15, -0.1) is 0 Å². The van der Waals surface area contributed by atoms with E-state index >= 15 is 0 Å². The molecule has 0 bridgehead atoms. The highest BCUT2D eigenvalue weighted by Gasteiger charge is 2.44. The monoisotopic (exact) mass is 558 g/mol. The first-order valence-electron chi connectivity index (χ1n) is 15.3. The Balaban J connectivity index is 1.45. The minimum absolute atomic E-state index is 0.00179. The number of nitrogens with zero attached hydrogens (tertiary/aromatic N) is 2. The average molecular weight is 559 g/mol. The molecule has 218 valence electrons. The van der Waals surface area contributed by atoms with Crippen LogP contribution in [0.4, 0.5) is 0 Å². The summed E-state index contributed by atoms with van der Waals surface area (Å²) in [6, 6.07) is 8.10. The van der Waals surface area contributed by atoms with E-state index in [1.165, 1.54) is 44.9 Å². The summed E-state index contributed by atoms with van der Waals surface area (Å²) in [4.78, 5) is 31.6. The second kappa shape index (κ2) is 13.4. The zero-order valence-electron chi connectivity index (χ0n) is 24.7. The Labute approximate surface area is 241 Å². The molecule has 1 saturated carbocycles. The maximum Gasteiger partial charge on any atom is 0.240 e. The number of piperidine rings is 1. The Bertz CT molecular complexity index is 946. The molecule has 2 amide bonds. The third-order valence-electron chi connectivity index (χ3n) is 9.49. The van der Waals surface area contributed by atoms with Crippen LogP contribution < -0.4 is 10.6 Å². The summed E-state index contributed by atoms with van der Waals surface area (Å²) in [6.45, 7) is 9.58. The molecule has 2 aliphatic heterocycles. The van der Waals surface area contributed by atoms with Crippen molar-refractivity contribution in [2.45, 2.75) is 109 Å². The van der Waals surface area contributed by atoms with Crippen LogP contribution >= 0.6 is 11.6 Å². The van der Waals surface area contributed by atoms with Gasteiger partial charge < -0.3 is 20.4 Å². The summed E-state index contributed by atoms with van der Waals surface area (Å²) in [5, 5.41) is 7.60. The molecular weight excluding hydrogens is 508 g/mol. The number of likely N-dealkylation sites (N-methyl/N-ethyl adjacent to an activating group) is 1. The van der Waals surface area contributed by atoms with Gasteiger partial charge in [0.25, 0.3) is 0 Å². The number of rotatable bonds is 9. The van der Waals surface area contributed by atoms with Crippen LogP contribution in [-0.4, -0.2) is 72.5 Å². The van der Waals surface area contributed by atoms with Crippen LogP contribution in [-0.2, 0) is 16.0 Å². The predicted molar refractivity (Wildman–Crippen MR) is 160 cm³/mol. The Hall–Kier alpha value is -1.63. The predicted octanol–water partition coefficient (Wildman–Crippen LogP) is 5.43. The van der Waals surface area contributed by atoms with Crippen molar-refractivity contribution >= 4 is 23.4 Å². The van der Waals surface area contributed by atoms with E-state index in [4.69, 9.17) is 11.6 Å². The lowest BCUT2D eigenvalue weighted by Crippen LogP contribution is -2.55. The van der Waals surface area contributed by atoms with E-state index < -0.39 is 0 Å². The van der Waals surface area contributed by atoms with Crippen molar-refractivity contribution in [1.82, 2.24) is 20.4 Å². The van der Waals surface area contributed by atoms with E-state index in [1.54, 1.807) is 0 Å². The van der Waals surface area contributed by atoms with Gasteiger partial charge >= 0.3 is 0 Å². The molecule has 39 heavy (non-hydrogen) atoms. The van der Waals surface area contributed by atoms with Crippen LogP contribution in [0.1, 0.15) is 90.5 Å². The van der Waals surface area contributed by atoms with Crippen molar-refractivity contribution in [2.24, 2.45) is 11.3 Å². The van der Waals surface area contributed by atoms with Gasteiger partial charge in [0.2, 0.25) is 11.8 Å². The second-order valence-electron chi connectivity index (χ2n) is 13.6. The molecule has 2 heterocycles. The highest BCUT2D eigenvalue weighted by Crippen LogP contribution is 2.48. The van der Waals surface area contributed by atoms with Crippen LogP contribution in [0, 0.1) is 11.3 Å². The molecule has 0 radical (unpaired) electrons. The minimum Gasteiger partial charge on any atom is -0.351 e. The first kappa shape index (κ1) is 30.3. The lowest BCUT2D eigenvalue weighted by atomic mass is 9.62. The van der Waals surface area contributed by atoms with Crippen molar-refractivity contribution in [3.05, 3.63) is 34.9 Å². The molecule has 3 fully saturated rings. The number of benzene rings is 1. The Kier molecular flexibility index (Phi) is 10.4. The smallest absolute Gasteiger partial charge is 0.240 e. The van der Waals surface area contributed by atoms with Crippen molar-refractivity contribution in [3.8, 4) is 0 Å².